The van der Waals surface area contributed by atoms with Gasteiger partial charge < -0.3 is 15.4 Å². The van der Waals surface area contributed by atoms with Crippen molar-refractivity contribution < 1.29 is 4.74 Å². The summed E-state index contributed by atoms with van der Waals surface area (Å²) in [6.07, 6.45) is 1.99. The van der Waals surface area contributed by atoms with Gasteiger partial charge in [0.2, 0.25) is 0 Å². The lowest BCUT2D eigenvalue weighted by atomic mass is 10.1. The average Bonchev–Trinajstić information content (AvgIpc) is 2.28. The fourth-order valence-electron chi connectivity index (χ4n) is 2.18. The van der Waals surface area contributed by atoms with E-state index in [-0.39, 0.29) is 0 Å². The molecule has 0 radical (unpaired) electrons. The van der Waals surface area contributed by atoms with E-state index in [2.05, 4.69) is 4.90 Å². The van der Waals surface area contributed by atoms with Gasteiger partial charge in [-0.1, -0.05) is 23.2 Å². The minimum absolute atomic E-state index is 0.419. The zero-order chi connectivity index (χ0) is 12.4. The molecule has 1 fully saturated rings. The SMILES string of the molecule is CN(c1c(Cl)cc(N)cc1Cl)C1CCOCC1. The molecule has 0 aliphatic carbocycles. The summed E-state index contributed by atoms with van der Waals surface area (Å²) < 4.78 is 5.35. The van der Waals surface area contributed by atoms with Gasteiger partial charge in [0.1, 0.15) is 0 Å². The van der Waals surface area contributed by atoms with Gasteiger partial charge in [-0.2, -0.15) is 0 Å². The summed E-state index contributed by atoms with van der Waals surface area (Å²) in [6, 6.07) is 3.89. The van der Waals surface area contributed by atoms with Gasteiger partial charge in [0.05, 0.1) is 15.7 Å². The van der Waals surface area contributed by atoms with Crippen LogP contribution in [0.5, 0.6) is 0 Å². The Labute approximate surface area is 111 Å². The first-order valence-corrected chi connectivity index (χ1v) is 6.40. The lowest BCUT2D eigenvalue weighted by Crippen LogP contribution is -2.37. The summed E-state index contributed by atoms with van der Waals surface area (Å²) in [6.45, 7) is 1.58. The third-order valence-electron chi connectivity index (χ3n) is 3.13. The van der Waals surface area contributed by atoms with E-state index in [4.69, 9.17) is 33.7 Å². The van der Waals surface area contributed by atoms with Crippen LogP contribution in [-0.2, 0) is 4.74 Å². The van der Waals surface area contributed by atoms with Crippen molar-refractivity contribution in [1.82, 2.24) is 0 Å². The number of ether oxygens (including phenoxy) is 1. The topological polar surface area (TPSA) is 38.5 Å². The van der Waals surface area contributed by atoms with Crippen LogP contribution in [0.25, 0.3) is 0 Å². The molecule has 5 heteroatoms. The lowest BCUT2D eigenvalue weighted by molar-refractivity contribution is 0.0855. The maximum Gasteiger partial charge on any atom is 0.0746 e. The molecule has 3 nitrogen and oxygen atoms in total. The van der Waals surface area contributed by atoms with E-state index in [0.717, 1.165) is 31.7 Å². The van der Waals surface area contributed by atoms with E-state index in [1.54, 1.807) is 12.1 Å². The summed E-state index contributed by atoms with van der Waals surface area (Å²) in [4.78, 5) is 2.13. The standard InChI is InChI=1S/C12H16Cl2N2O/c1-16(9-2-4-17-5-3-9)12-10(13)6-8(15)7-11(12)14/h6-7,9H,2-5,15H2,1H3. The molecule has 1 aromatic carbocycles. The number of hydrogen-bond acceptors (Lipinski definition) is 3. The van der Waals surface area contributed by atoms with Crippen molar-refractivity contribution in [2.24, 2.45) is 0 Å². The Hall–Kier alpha value is -0.640. The Balaban J connectivity index is 2.26. The quantitative estimate of drug-likeness (QED) is 0.842. The van der Waals surface area contributed by atoms with Gasteiger partial charge in [-0.15, -0.1) is 0 Å². The molecule has 1 heterocycles. The second-order valence-electron chi connectivity index (χ2n) is 4.29. The van der Waals surface area contributed by atoms with Crippen LogP contribution < -0.4 is 10.6 Å². The van der Waals surface area contributed by atoms with Crippen LogP contribution in [-0.4, -0.2) is 26.3 Å². The van der Waals surface area contributed by atoms with E-state index in [1.807, 2.05) is 7.05 Å². The lowest BCUT2D eigenvalue weighted by Gasteiger charge is -2.34. The van der Waals surface area contributed by atoms with Gasteiger partial charge in [0.25, 0.3) is 0 Å². The number of nitrogen functional groups attached to an aromatic ring is 1. The highest BCUT2D eigenvalue weighted by Crippen LogP contribution is 2.37. The fraction of sp³-hybridized carbons (Fsp3) is 0.500. The number of halogens is 2. The van der Waals surface area contributed by atoms with E-state index in [1.165, 1.54) is 0 Å². The molecule has 1 aliphatic rings. The van der Waals surface area contributed by atoms with Gasteiger partial charge in [0.15, 0.2) is 0 Å². The molecular formula is C12H16Cl2N2O. The third kappa shape index (κ3) is 2.79. The van der Waals surface area contributed by atoms with Crippen LogP contribution in [0.4, 0.5) is 11.4 Å². The first-order valence-electron chi connectivity index (χ1n) is 5.64. The molecule has 0 atom stereocenters. The molecule has 0 aromatic heterocycles. The van der Waals surface area contributed by atoms with E-state index in [9.17, 15) is 0 Å². The Morgan fingerprint density at radius 2 is 1.76 bits per heavy atom. The van der Waals surface area contributed by atoms with Crippen molar-refractivity contribution in [3.05, 3.63) is 22.2 Å². The van der Waals surface area contributed by atoms with Crippen molar-refractivity contribution in [2.45, 2.75) is 18.9 Å². The smallest absolute Gasteiger partial charge is 0.0746 e. The highest BCUT2D eigenvalue weighted by atomic mass is 35.5. The summed E-state index contributed by atoms with van der Waals surface area (Å²) in [5, 5.41) is 1.20. The molecule has 2 N–H and O–H groups in total. The van der Waals surface area contributed by atoms with Crippen LogP contribution in [0.3, 0.4) is 0 Å². The first kappa shape index (κ1) is 12.8. The second kappa shape index (κ2) is 5.34. The zero-order valence-corrected chi connectivity index (χ0v) is 11.3. The number of nitrogens with zero attached hydrogens (tertiary/aromatic N) is 1. The Morgan fingerprint density at radius 1 is 1.24 bits per heavy atom. The van der Waals surface area contributed by atoms with Crippen LogP contribution in [0.15, 0.2) is 12.1 Å². The van der Waals surface area contributed by atoms with Crippen molar-refractivity contribution in [3.63, 3.8) is 0 Å². The number of anilines is 2. The molecule has 1 aliphatic heterocycles. The molecule has 2 rings (SSSR count). The molecular weight excluding hydrogens is 259 g/mol. The molecule has 1 aromatic rings. The predicted octanol–water partition coefficient (Wildman–Crippen LogP) is 3.19. The van der Waals surface area contributed by atoms with Gasteiger partial charge in [-0.25, -0.2) is 0 Å². The van der Waals surface area contributed by atoms with Crippen molar-refractivity contribution >= 4 is 34.6 Å². The maximum absolute atomic E-state index is 6.21. The van der Waals surface area contributed by atoms with Gasteiger partial charge in [0, 0.05) is 32.0 Å². The normalized spacial score (nSPS) is 17.1. The first-order chi connectivity index (χ1) is 8.09. The highest BCUT2D eigenvalue weighted by molar-refractivity contribution is 6.39. The van der Waals surface area contributed by atoms with Crippen LogP contribution in [0.1, 0.15) is 12.8 Å². The van der Waals surface area contributed by atoms with Crippen molar-refractivity contribution in [3.8, 4) is 0 Å². The number of hydrogen-bond donors (Lipinski definition) is 1. The molecule has 17 heavy (non-hydrogen) atoms. The van der Waals surface area contributed by atoms with E-state index in [0.29, 0.717) is 21.8 Å². The van der Waals surface area contributed by atoms with Crippen LogP contribution in [0, 0.1) is 0 Å². The van der Waals surface area contributed by atoms with Crippen molar-refractivity contribution in [1.29, 1.82) is 0 Å². The Kier molecular flexibility index (Phi) is 4.02. The highest BCUT2D eigenvalue weighted by Gasteiger charge is 2.22. The summed E-state index contributed by atoms with van der Waals surface area (Å²) in [7, 11) is 2.01. The van der Waals surface area contributed by atoms with Gasteiger partial charge >= 0.3 is 0 Å². The van der Waals surface area contributed by atoms with E-state index < -0.39 is 0 Å². The molecule has 1 saturated heterocycles. The second-order valence-corrected chi connectivity index (χ2v) is 5.10. The molecule has 94 valence electrons. The molecule has 0 saturated carbocycles. The minimum atomic E-state index is 0.419. The fourth-order valence-corrected chi connectivity index (χ4v) is 2.95. The van der Waals surface area contributed by atoms with Crippen molar-refractivity contribution in [2.75, 3.05) is 30.9 Å². The molecule has 0 bridgehead atoms. The largest absolute Gasteiger partial charge is 0.399 e. The number of nitrogens with two attached hydrogens (primary N) is 1. The van der Waals surface area contributed by atoms with Crippen LogP contribution >= 0.6 is 23.2 Å². The van der Waals surface area contributed by atoms with Gasteiger partial charge in [-0.3, -0.25) is 0 Å². The zero-order valence-electron chi connectivity index (χ0n) is 9.75. The van der Waals surface area contributed by atoms with Crippen LogP contribution in [0.2, 0.25) is 10.0 Å². The molecule has 0 spiro atoms. The average molecular weight is 275 g/mol. The summed E-state index contributed by atoms with van der Waals surface area (Å²) in [5.41, 5.74) is 7.14. The Morgan fingerprint density at radius 3 is 2.29 bits per heavy atom. The van der Waals surface area contributed by atoms with E-state index >= 15 is 0 Å². The summed E-state index contributed by atoms with van der Waals surface area (Å²) >= 11 is 12.4. The van der Waals surface area contributed by atoms with Gasteiger partial charge in [-0.05, 0) is 25.0 Å². The third-order valence-corrected chi connectivity index (χ3v) is 3.71. The monoisotopic (exact) mass is 274 g/mol. The Bertz CT molecular complexity index is 382. The molecule has 0 unspecified atom stereocenters. The minimum Gasteiger partial charge on any atom is -0.399 e. The maximum atomic E-state index is 6.21. The number of benzene rings is 1. The summed E-state index contributed by atoms with van der Waals surface area (Å²) in [5.74, 6) is 0. The number of rotatable bonds is 2. The predicted molar refractivity (Wildman–Crippen MR) is 73.1 cm³/mol. The molecule has 0 amide bonds.